The van der Waals surface area contributed by atoms with Crippen molar-refractivity contribution in [3.8, 4) is 0 Å². The summed E-state index contributed by atoms with van der Waals surface area (Å²) in [6.45, 7) is 4.07. The first-order valence-electron chi connectivity index (χ1n) is 3.92. The van der Waals surface area contributed by atoms with E-state index in [1.807, 2.05) is 13.8 Å². The van der Waals surface area contributed by atoms with Crippen molar-refractivity contribution in [1.29, 1.82) is 0 Å². The van der Waals surface area contributed by atoms with Crippen LogP contribution < -0.4 is 5.73 Å². The summed E-state index contributed by atoms with van der Waals surface area (Å²) in [5.74, 6) is -0.440. The predicted octanol–water partition coefficient (Wildman–Crippen LogP) is 0.835. The molecule has 0 spiro atoms. The molecule has 0 aromatic heterocycles. The van der Waals surface area contributed by atoms with E-state index < -0.39 is 5.97 Å². The third-order valence-corrected chi connectivity index (χ3v) is 2.97. The van der Waals surface area contributed by atoms with Crippen molar-refractivity contribution in [3.63, 3.8) is 0 Å². The molecular formula is C8H15NO2. The SMILES string of the molecule is CC1(C)[C@H](CC(=O)O)C[C@@H]1N. The Morgan fingerprint density at radius 1 is 1.73 bits per heavy atom. The second-order valence-electron chi connectivity index (χ2n) is 3.96. The number of carboxylic acids is 1. The number of hydrogen-bond acceptors (Lipinski definition) is 2. The van der Waals surface area contributed by atoms with Gasteiger partial charge in [-0.2, -0.15) is 0 Å². The fourth-order valence-electron chi connectivity index (χ4n) is 1.61. The lowest BCUT2D eigenvalue weighted by Gasteiger charge is -2.50. The molecule has 0 aliphatic heterocycles. The van der Waals surface area contributed by atoms with Crippen molar-refractivity contribution in [3.05, 3.63) is 0 Å². The minimum atomic E-state index is -0.713. The third-order valence-electron chi connectivity index (χ3n) is 2.97. The molecule has 0 heterocycles. The Hall–Kier alpha value is -0.570. The number of aliphatic carboxylic acids is 1. The van der Waals surface area contributed by atoms with Gasteiger partial charge in [0.15, 0.2) is 0 Å². The molecule has 11 heavy (non-hydrogen) atoms. The molecule has 3 N–H and O–H groups in total. The second-order valence-corrected chi connectivity index (χ2v) is 3.96. The number of carbonyl (C=O) groups is 1. The molecule has 1 rings (SSSR count). The summed E-state index contributed by atoms with van der Waals surface area (Å²) in [5, 5.41) is 8.53. The molecule has 0 bridgehead atoms. The zero-order chi connectivity index (χ0) is 8.65. The Kier molecular flexibility index (Phi) is 1.92. The van der Waals surface area contributed by atoms with Crippen molar-refractivity contribution in [2.24, 2.45) is 17.1 Å². The van der Waals surface area contributed by atoms with Gasteiger partial charge in [-0.05, 0) is 17.8 Å². The molecule has 1 aliphatic rings. The molecule has 0 aromatic carbocycles. The summed E-state index contributed by atoms with van der Waals surface area (Å²) in [5.41, 5.74) is 5.76. The van der Waals surface area contributed by atoms with Crippen LogP contribution in [0.4, 0.5) is 0 Å². The number of hydrogen-bond donors (Lipinski definition) is 2. The third kappa shape index (κ3) is 1.38. The van der Waals surface area contributed by atoms with Crippen molar-refractivity contribution in [2.75, 3.05) is 0 Å². The van der Waals surface area contributed by atoms with E-state index in [9.17, 15) is 4.79 Å². The minimum absolute atomic E-state index is 0.0262. The van der Waals surface area contributed by atoms with Gasteiger partial charge in [0.25, 0.3) is 0 Å². The maximum atomic E-state index is 10.4. The number of carboxylic acid groups (broad SMARTS) is 1. The average molecular weight is 157 g/mol. The van der Waals surface area contributed by atoms with Crippen LogP contribution in [0.1, 0.15) is 26.7 Å². The van der Waals surface area contributed by atoms with E-state index in [0.717, 1.165) is 6.42 Å². The lowest BCUT2D eigenvalue weighted by Crippen LogP contribution is -2.54. The fraction of sp³-hybridized carbons (Fsp3) is 0.875. The van der Waals surface area contributed by atoms with Crippen LogP contribution in [0.5, 0.6) is 0 Å². The van der Waals surface area contributed by atoms with Crippen LogP contribution in [-0.4, -0.2) is 17.1 Å². The van der Waals surface area contributed by atoms with Crippen LogP contribution in [0.2, 0.25) is 0 Å². The average Bonchev–Trinajstić information content (AvgIpc) is 1.87. The summed E-state index contributed by atoms with van der Waals surface area (Å²) >= 11 is 0. The van der Waals surface area contributed by atoms with Crippen LogP contribution in [-0.2, 0) is 4.79 Å². The monoisotopic (exact) mass is 157 g/mol. The van der Waals surface area contributed by atoms with E-state index in [4.69, 9.17) is 10.8 Å². The van der Waals surface area contributed by atoms with E-state index in [0.29, 0.717) is 0 Å². The Morgan fingerprint density at radius 2 is 2.27 bits per heavy atom. The molecule has 1 saturated carbocycles. The van der Waals surface area contributed by atoms with Gasteiger partial charge in [0.2, 0.25) is 0 Å². The van der Waals surface area contributed by atoms with E-state index in [1.54, 1.807) is 0 Å². The molecule has 3 heteroatoms. The molecule has 0 aromatic rings. The first kappa shape index (κ1) is 8.53. The molecule has 1 aliphatic carbocycles. The van der Waals surface area contributed by atoms with Crippen LogP contribution in [0.15, 0.2) is 0 Å². The van der Waals surface area contributed by atoms with Crippen molar-refractivity contribution < 1.29 is 9.90 Å². The highest BCUT2D eigenvalue weighted by Crippen LogP contribution is 2.46. The Bertz CT molecular complexity index is 177. The van der Waals surface area contributed by atoms with E-state index in [-0.39, 0.29) is 23.8 Å². The van der Waals surface area contributed by atoms with Crippen molar-refractivity contribution in [2.45, 2.75) is 32.7 Å². The highest BCUT2D eigenvalue weighted by molar-refractivity contribution is 5.67. The lowest BCUT2D eigenvalue weighted by molar-refractivity contribution is -0.141. The van der Waals surface area contributed by atoms with E-state index in [2.05, 4.69) is 0 Å². The smallest absolute Gasteiger partial charge is 0.303 e. The summed E-state index contributed by atoms with van der Waals surface area (Å²) in [6.07, 6.45) is 1.12. The second kappa shape index (κ2) is 2.48. The van der Waals surface area contributed by atoms with Gasteiger partial charge in [0.05, 0.1) is 0 Å². The normalized spacial score (nSPS) is 34.5. The first-order valence-corrected chi connectivity index (χ1v) is 3.92. The van der Waals surface area contributed by atoms with Gasteiger partial charge >= 0.3 is 5.97 Å². The Balaban J connectivity index is 2.46. The number of nitrogens with two attached hydrogens (primary N) is 1. The van der Waals surface area contributed by atoms with Crippen molar-refractivity contribution >= 4 is 5.97 Å². The van der Waals surface area contributed by atoms with Gasteiger partial charge in [-0.25, -0.2) is 0 Å². The molecule has 64 valence electrons. The molecule has 0 amide bonds. The number of rotatable bonds is 2. The first-order chi connectivity index (χ1) is 4.94. The molecular weight excluding hydrogens is 142 g/mol. The molecule has 0 radical (unpaired) electrons. The zero-order valence-corrected chi connectivity index (χ0v) is 7.00. The van der Waals surface area contributed by atoms with Gasteiger partial charge < -0.3 is 10.8 Å². The maximum Gasteiger partial charge on any atom is 0.303 e. The van der Waals surface area contributed by atoms with E-state index in [1.165, 1.54) is 0 Å². The van der Waals surface area contributed by atoms with Crippen LogP contribution in [0, 0.1) is 11.3 Å². The van der Waals surface area contributed by atoms with Gasteiger partial charge in [0.1, 0.15) is 0 Å². The summed E-state index contributed by atoms with van der Waals surface area (Å²) in [4.78, 5) is 10.4. The Labute approximate surface area is 66.6 Å². The summed E-state index contributed by atoms with van der Waals surface area (Å²) < 4.78 is 0. The highest BCUT2D eigenvalue weighted by Gasteiger charge is 2.46. The molecule has 0 unspecified atom stereocenters. The van der Waals surface area contributed by atoms with Crippen LogP contribution in [0.25, 0.3) is 0 Å². The highest BCUT2D eigenvalue weighted by atomic mass is 16.4. The standard InChI is InChI=1S/C8H15NO2/c1-8(2)5(3-6(8)9)4-7(10)11/h5-6H,3-4,9H2,1-2H3,(H,10,11)/t5-,6-/m0/s1. The molecule has 1 fully saturated rings. The quantitative estimate of drug-likeness (QED) is 0.624. The summed E-state index contributed by atoms with van der Waals surface area (Å²) in [7, 11) is 0. The topological polar surface area (TPSA) is 63.3 Å². The fourth-order valence-corrected chi connectivity index (χ4v) is 1.61. The van der Waals surface area contributed by atoms with Crippen LogP contribution >= 0.6 is 0 Å². The maximum absolute atomic E-state index is 10.4. The van der Waals surface area contributed by atoms with Gasteiger partial charge in [-0.1, -0.05) is 13.8 Å². The zero-order valence-electron chi connectivity index (χ0n) is 7.00. The molecule has 3 nitrogen and oxygen atoms in total. The van der Waals surface area contributed by atoms with Crippen LogP contribution in [0.3, 0.4) is 0 Å². The minimum Gasteiger partial charge on any atom is -0.481 e. The summed E-state index contributed by atoms with van der Waals surface area (Å²) in [6, 6.07) is 0.187. The largest absolute Gasteiger partial charge is 0.481 e. The Morgan fingerprint density at radius 3 is 2.55 bits per heavy atom. The van der Waals surface area contributed by atoms with E-state index >= 15 is 0 Å². The molecule has 0 saturated heterocycles. The van der Waals surface area contributed by atoms with Gasteiger partial charge in [-0.3, -0.25) is 4.79 Å². The predicted molar refractivity (Wildman–Crippen MR) is 42.1 cm³/mol. The van der Waals surface area contributed by atoms with Gasteiger partial charge in [0, 0.05) is 12.5 Å². The van der Waals surface area contributed by atoms with Gasteiger partial charge in [-0.15, -0.1) is 0 Å². The molecule has 2 atom stereocenters. The lowest BCUT2D eigenvalue weighted by atomic mass is 9.58. The van der Waals surface area contributed by atoms with Crippen molar-refractivity contribution in [1.82, 2.24) is 0 Å².